The summed E-state index contributed by atoms with van der Waals surface area (Å²) in [5, 5.41) is 7.39. The second kappa shape index (κ2) is 4.86. The van der Waals surface area contributed by atoms with Gasteiger partial charge in [-0.05, 0) is 47.1 Å². The molecule has 3 rings (SSSR count). The highest BCUT2D eigenvalue weighted by Gasteiger charge is 2.20. The van der Waals surface area contributed by atoms with Crippen molar-refractivity contribution < 1.29 is 9.47 Å². The lowest BCUT2D eigenvalue weighted by atomic mass is 10.0. The van der Waals surface area contributed by atoms with E-state index in [0.29, 0.717) is 6.54 Å². The van der Waals surface area contributed by atoms with Crippen molar-refractivity contribution >= 4 is 15.9 Å². The van der Waals surface area contributed by atoms with Crippen LogP contribution in [0.15, 0.2) is 16.6 Å². The van der Waals surface area contributed by atoms with Crippen molar-refractivity contribution in [1.82, 2.24) is 10.2 Å². The molecule has 2 heterocycles. The molecule has 6 heteroatoms. The number of nitrogens with zero attached hydrogens (tertiary/aromatic N) is 1. The molecule has 5 nitrogen and oxygen atoms in total. The molecule has 19 heavy (non-hydrogen) atoms. The van der Waals surface area contributed by atoms with Crippen LogP contribution in [0.3, 0.4) is 0 Å². The molecule has 0 saturated carbocycles. The van der Waals surface area contributed by atoms with Crippen LogP contribution < -0.4 is 15.2 Å². The molecule has 1 aliphatic rings. The van der Waals surface area contributed by atoms with Crippen LogP contribution in [0.1, 0.15) is 11.3 Å². The summed E-state index contributed by atoms with van der Waals surface area (Å²) >= 11 is 3.58. The number of halogens is 1. The van der Waals surface area contributed by atoms with E-state index in [2.05, 4.69) is 26.1 Å². The fraction of sp³-hybridized carbons (Fsp3) is 0.308. The highest BCUT2D eigenvalue weighted by molar-refractivity contribution is 9.10. The number of fused-ring (bicyclic) bond motifs is 1. The van der Waals surface area contributed by atoms with E-state index in [1.807, 2.05) is 19.1 Å². The molecule has 2 aromatic rings. The average Bonchev–Trinajstić information content (AvgIpc) is 2.97. The minimum atomic E-state index is 0.276. The second-order valence-electron chi connectivity index (χ2n) is 4.42. The van der Waals surface area contributed by atoms with Gasteiger partial charge in [0.2, 0.25) is 6.79 Å². The van der Waals surface area contributed by atoms with Crippen molar-refractivity contribution in [2.24, 2.45) is 5.73 Å². The molecule has 100 valence electrons. The number of nitrogens with one attached hydrogen (secondary N) is 1. The minimum absolute atomic E-state index is 0.276. The largest absolute Gasteiger partial charge is 0.454 e. The van der Waals surface area contributed by atoms with Crippen LogP contribution in [-0.2, 0) is 6.42 Å². The van der Waals surface area contributed by atoms with Gasteiger partial charge in [0.15, 0.2) is 11.5 Å². The molecule has 0 amide bonds. The lowest BCUT2D eigenvalue weighted by Gasteiger charge is -2.05. The van der Waals surface area contributed by atoms with Gasteiger partial charge >= 0.3 is 0 Å². The quantitative estimate of drug-likeness (QED) is 0.909. The molecule has 1 aromatic carbocycles. The lowest BCUT2D eigenvalue weighted by molar-refractivity contribution is 0.174. The Labute approximate surface area is 119 Å². The number of H-pyrrole nitrogens is 1. The summed E-state index contributed by atoms with van der Waals surface area (Å²) in [5.41, 5.74) is 9.58. The number of ether oxygens (including phenoxy) is 2. The molecular weight excluding hydrogens is 310 g/mol. The lowest BCUT2D eigenvalue weighted by Crippen LogP contribution is -2.03. The van der Waals surface area contributed by atoms with E-state index in [4.69, 9.17) is 15.2 Å². The molecule has 0 unspecified atom stereocenters. The highest BCUT2D eigenvalue weighted by Crippen LogP contribution is 2.40. The maximum Gasteiger partial charge on any atom is 0.231 e. The summed E-state index contributed by atoms with van der Waals surface area (Å²) in [6, 6.07) is 3.94. The number of aromatic nitrogens is 2. The van der Waals surface area contributed by atoms with Gasteiger partial charge in [-0.2, -0.15) is 5.10 Å². The van der Waals surface area contributed by atoms with E-state index < -0.39 is 0 Å². The zero-order chi connectivity index (χ0) is 13.4. The van der Waals surface area contributed by atoms with Gasteiger partial charge in [0, 0.05) is 12.0 Å². The van der Waals surface area contributed by atoms with Crippen molar-refractivity contribution in [3.8, 4) is 22.8 Å². The number of hydrogen-bond donors (Lipinski definition) is 2. The molecule has 0 radical (unpaired) electrons. The monoisotopic (exact) mass is 323 g/mol. The summed E-state index contributed by atoms with van der Waals surface area (Å²) in [6.45, 7) is 2.89. The van der Waals surface area contributed by atoms with Crippen molar-refractivity contribution in [2.45, 2.75) is 13.3 Å². The Morgan fingerprint density at radius 1 is 1.37 bits per heavy atom. The Morgan fingerprint density at radius 3 is 2.84 bits per heavy atom. The van der Waals surface area contributed by atoms with E-state index >= 15 is 0 Å². The van der Waals surface area contributed by atoms with E-state index in [0.717, 1.165) is 44.9 Å². The van der Waals surface area contributed by atoms with Gasteiger partial charge in [-0.25, -0.2) is 0 Å². The van der Waals surface area contributed by atoms with Gasteiger partial charge in [0.1, 0.15) is 5.69 Å². The normalized spacial score (nSPS) is 13.0. The van der Waals surface area contributed by atoms with Gasteiger partial charge in [-0.15, -0.1) is 0 Å². The minimum Gasteiger partial charge on any atom is -0.454 e. The maximum absolute atomic E-state index is 5.58. The van der Waals surface area contributed by atoms with E-state index in [9.17, 15) is 0 Å². The van der Waals surface area contributed by atoms with Crippen molar-refractivity contribution in [3.05, 3.63) is 27.9 Å². The molecule has 0 bridgehead atoms. The van der Waals surface area contributed by atoms with Crippen molar-refractivity contribution in [2.75, 3.05) is 13.3 Å². The number of aromatic amines is 1. The molecule has 3 N–H and O–H groups in total. The fourth-order valence-electron chi connectivity index (χ4n) is 2.15. The number of benzene rings is 1. The van der Waals surface area contributed by atoms with Crippen LogP contribution in [0.5, 0.6) is 11.5 Å². The summed E-state index contributed by atoms with van der Waals surface area (Å²) in [6.07, 6.45) is 0.761. The Bertz CT molecular complexity index is 625. The average molecular weight is 324 g/mol. The number of nitrogens with two attached hydrogens (primary N) is 1. The third kappa shape index (κ3) is 2.11. The zero-order valence-corrected chi connectivity index (χ0v) is 12.1. The summed E-state index contributed by atoms with van der Waals surface area (Å²) in [5.74, 6) is 1.55. The molecule has 1 aromatic heterocycles. The van der Waals surface area contributed by atoms with E-state index in [1.165, 1.54) is 0 Å². The summed E-state index contributed by atoms with van der Waals surface area (Å²) in [7, 11) is 0. The SMILES string of the molecule is Cc1cc2c(cc1-c1n[nH]c(CCN)c1Br)OCO2. The van der Waals surface area contributed by atoms with Crippen LogP contribution >= 0.6 is 15.9 Å². The number of hydrogen-bond acceptors (Lipinski definition) is 4. The third-order valence-electron chi connectivity index (χ3n) is 3.14. The van der Waals surface area contributed by atoms with Crippen molar-refractivity contribution in [1.29, 1.82) is 0 Å². The molecule has 0 saturated heterocycles. The van der Waals surface area contributed by atoms with Gasteiger partial charge in [-0.3, -0.25) is 5.10 Å². The van der Waals surface area contributed by atoms with Crippen LogP contribution in [0, 0.1) is 6.92 Å². The molecule has 1 aliphatic heterocycles. The first-order valence-electron chi connectivity index (χ1n) is 6.04. The molecule has 0 atom stereocenters. The van der Waals surface area contributed by atoms with Crippen LogP contribution in [0.25, 0.3) is 11.3 Å². The summed E-state index contributed by atoms with van der Waals surface area (Å²) in [4.78, 5) is 0. The number of aryl methyl sites for hydroxylation is 1. The molecule has 0 aliphatic carbocycles. The van der Waals surface area contributed by atoms with Gasteiger partial charge in [0.25, 0.3) is 0 Å². The Hall–Kier alpha value is -1.53. The first-order valence-corrected chi connectivity index (χ1v) is 6.83. The predicted molar refractivity (Wildman–Crippen MR) is 75.3 cm³/mol. The topological polar surface area (TPSA) is 73.2 Å². The number of rotatable bonds is 3. The van der Waals surface area contributed by atoms with Crippen molar-refractivity contribution in [3.63, 3.8) is 0 Å². The van der Waals surface area contributed by atoms with Crippen LogP contribution in [0.2, 0.25) is 0 Å². The fourth-order valence-corrected chi connectivity index (χ4v) is 2.74. The second-order valence-corrected chi connectivity index (χ2v) is 5.22. The Morgan fingerprint density at radius 2 is 2.11 bits per heavy atom. The first-order chi connectivity index (χ1) is 9.20. The smallest absolute Gasteiger partial charge is 0.231 e. The summed E-state index contributed by atoms with van der Waals surface area (Å²) < 4.78 is 11.7. The zero-order valence-electron chi connectivity index (χ0n) is 10.5. The van der Waals surface area contributed by atoms with E-state index in [1.54, 1.807) is 0 Å². The maximum atomic E-state index is 5.58. The molecule has 0 spiro atoms. The van der Waals surface area contributed by atoms with Crippen LogP contribution in [0.4, 0.5) is 0 Å². The van der Waals surface area contributed by atoms with E-state index in [-0.39, 0.29) is 6.79 Å². The Balaban J connectivity index is 2.07. The van der Waals surface area contributed by atoms with Crippen LogP contribution in [-0.4, -0.2) is 23.5 Å². The van der Waals surface area contributed by atoms with Gasteiger partial charge < -0.3 is 15.2 Å². The first kappa shape index (κ1) is 12.5. The molecule has 0 fully saturated rings. The standard InChI is InChI=1S/C13H14BrN3O2/c1-7-4-10-11(19-6-18-10)5-8(7)13-12(14)9(2-3-15)16-17-13/h4-5H,2-3,6,15H2,1H3,(H,16,17). The highest BCUT2D eigenvalue weighted by atomic mass is 79.9. The molecular formula is C13H14BrN3O2. The Kier molecular flexibility index (Phi) is 3.20. The predicted octanol–water partition coefficient (Wildman–Crippen LogP) is 2.38. The van der Waals surface area contributed by atoms with Gasteiger partial charge in [-0.1, -0.05) is 0 Å². The van der Waals surface area contributed by atoms with Gasteiger partial charge in [0.05, 0.1) is 10.2 Å². The third-order valence-corrected chi connectivity index (χ3v) is 4.00.